The maximum absolute atomic E-state index is 6.22. The Morgan fingerprint density at radius 3 is 2.26 bits per heavy atom. The summed E-state index contributed by atoms with van der Waals surface area (Å²) in [5.41, 5.74) is 0.200. The van der Waals surface area contributed by atoms with Crippen LogP contribution in [0.25, 0.3) is 0 Å². The molecule has 1 N–H and O–H groups in total. The van der Waals surface area contributed by atoms with Gasteiger partial charge in [-0.25, -0.2) is 0 Å². The van der Waals surface area contributed by atoms with Crippen molar-refractivity contribution in [1.82, 2.24) is 9.88 Å². The van der Waals surface area contributed by atoms with Crippen molar-refractivity contribution in [3.05, 3.63) is 0 Å². The van der Waals surface area contributed by atoms with Crippen molar-refractivity contribution in [2.24, 2.45) is 5.92 Å². The molecule has 0 bridgehead atoms. The molecule has 0 aromatic rings. The third-order valence-electron chi connectivity index (χ3n) is 5.51. The van der Waals surface area contributed by atoms with Crippen LogP contribution in [0.3, 0.4) is 0 Å². The zero-order valence-corrected chi connectivity index (χ0v) is 16.7. The van der Waals surface area contributed by atoms with Crippen LogP contribution >= 0.6 is 0 Å². The largest absolute Gasteiger partial charge is 0.373 e. The molecule has 2 saturated heterocycles. The molecule has 134 valence electrons. The molecule has 0 spiro atoms. The molecule has 0 aromatic heterocycles. The third-order valence-corrected chi connectivity index (χ3v) is 8.48. The molecule has 0 aromatic carbocycles. The van der Waals surface area contributed by atoms with Crippen LogP contribution < -0.4 is 4.98 Å². The van der Waals surface area contributed by atoms with E-state index in [0.29, 0.717) is 24.2 Å². The van der Waals surface area contributed by atoms with Crippen LogP contribution in [0.5, 0.6) is 0 Å². The van der Waals surface area contributed by atoms with E-state index >= 15 is 0 Å². The van der Waals surface area contributed by atoms with Gasteiger partial charge in [0.05, 0.1) is 25.4 Å². The summed E-state index contributed by atoms with van der Waals surface area (Å²) in [6.07, 6.45) is 4.60. The van der Waals surface area contributed by atoms with Crippen LogP contribution in [0.4, 0.5) is 0 Å². The molecular weight excluding hydrogens is 304 g/mol. The fraction of sp³-hybridized carbons (Fsp3) is 1.00. The van der Waals surface area contributed by atoms with Gasteiger partial charge in [0.15, 0.2) is 0 Å². The normalized spacial score (nSPS) is 36.4. The van der Waals surface area contributed by atoms with Crippen LogP contribution in [-0.4, -0.2) is 63.2 Å². The molecule has 5 heteroatoms. The number of nitrogens with one attached hydrogen (secondary N) is 1. The molecule has 4 unspecified atom stereocenters. The maximum atomic E-state index is 6.22. The summed E-state index contributed by atoms with van der Waals surface area (Å²) in [7, 11) is -1.45. The summed E-state index contributed by atoms with van der Waals surface area (Å²) >= 11 is 0. The topological polar surface area (TPSA) is 33.7 Å². The van der Waals surface area contributed by atoms with Crippen LogP contribution in [0.15, 0.2) is 0 Å². The lowest BCUT2D eigenvalue weighted by atomic mass is 10.1. The van der Waals surface area contributed by atoms with Gasteiger partial charge in [-0.3, -0.25) is 4.90 Å². The predicted molar refractivity (Wildman–Crippen MR) is 97.4 cm³/mol. The highest BCUT2D eigenvalue weighted by Gasteiger charge is 2.50. The summed E-state index contributed by atoms with van der Waals surface area (Å²) < 4.78 is 12.4. The van der Waals surface area contributed by atoms with E-state index < -0.39 is 8.24 Å². The first kappa shape index (κ1) is 17.9. The van der Waals surface area contributed by atoms with E-state index in [2.05, 4.69) is 43.7 Å². The molecule has 3 rings (SSSR count). The fourth-order valence-corrected chi connectivity index (χ4v) is 9.06. The number of rotatable bonds is 4. The van der Waals surface area contributed by atoms with Gasteiger partial charge in [0.1, 0.15) is 8.24 Å². The van der Waals surface area contributed by atoms with Crippen molar-refractivity contribution >= 4 is 8.24 Å². The molecule has 0 amide bonds. The number of hydrogen-bond donors (Lipinski definition) is 1. The Kier molecular flexibility index (Phi) is 5.25. The standard InChI is InChI=1S/C18H36N2O2Si/c1-18(2,3)19-23(4,5)13-14-12-15(20-8-6-7-9-20)17-16(14)21-10-11-22-17/h14-17,19H,6-13H2,1-5H3. The van der Waals surface area contributed by atoms with Crippen molar-refractivity contribution in [2.45, 2.75) is 83.0 Å². The van der Waals surface area contributed by atoms with Crippen LogP contribution in [0, 0.1) is 5.92 Å². The molecule has 2 aliphatic heterocycles. The molecule has 0 radical (unpaired) electrons. The summed E-state index contributed by atoms with van der Waals surface area (Å²) in [4.78, 5) is 6.61. The minimum atomic E-state index is -1.45. The number of ether oxygens (including phenoxy) is 2. The maximum Gasteiger partial charge on any atom is 0.120 e. The molecule has 3 aliphatic rings. The zero-order chi connectivity index (χ0) is 16.7. The zero-order valence-electron chi connectivity index (χ0n) is 15.7. The first-order valence-electron chi connectivity index (χ1n) is 9.52. The molecule has 1 aliphatic carbocycles. The predicted octanol–water partition coefficient (Wildman–Crippen LogP) is 2.85. The highest BCUT2D eigenvalue weighted by Crippen LogP contribution is 2.41. The molecular formula is C18H36N2O2Si. The third kappa shape index (κ3) is 4.37. The Balaban J connectivity index is 1.68. The first-order chi connectivity index (χ1) is 10.8. The highest BCUT2D eigenvalue weighted by molar-refractivity contribution is 6.75. The van der Waals surface area contributed by atoms with Gasteiger partial charge in [-0.1, -0.05) is 13.1 Å². The number of likely N-dealkylation sites (tertiary alicyclic amines) is 1. The number of fused-ring (bicyclic) bond motifs is 1. The lowest BCUT2D eigenvalue weighted by Crippen LogP contribution is -2.55. The van der Waals surface area contributed by atoms with E-state index in [9.17, 15) is 0 Å². The Hall–Kier alpha value is 0.0569. The quantitative estimate of drug-likeness (QED) is 0.798. The smallest absolute Gasteiger partial charge is 0.120 e. The van der Waals surface area contributed by atoms with E-state index in [0.717, 1.165) is 13.2 Å². The summed E-state index contributed by atoms with van der Waals surface area (Å²) in [6, 6.07) is 1.88. The van der Waals surface area contributed by atoms with Crippen molar-refractivity contribution in [3.8, 4) is 0 Å². The Bertz CT molecular complexity index is 404. The molecule has 1 saturated carbocycles. The Morgan fingerprint density at radius 1 is 1.04 bits per heavy atom. The molecule has 23 heavy (non-hydrogen) atoms. The van der Waals surface area contributed by atoms with Gasteiger partial charge in [0.2, 0.25) is 0 Å². The van der Waals surface area contributed by atoms with E-state index in [1.165, 1.54) is 38.4 Å². The second kappa shape index (κ2) is 6.75. The van der Waals surface area contributed by atoms with Crippen molar-refractivity contribution < 1.29 is 9.47 Å². The second-order valence-corrected chi connectivity index (χ2v) is 13.9. The Labute approximate surface area is 143 Å². The van der Waals surface area contributed by atoms with Gasteiger partial charge >= 0.3 is 0 Å². The SMILES string of the molecule is CC(C)(C)N[Si](C)(C)CC1CC(N2CCCC2)C2OCCOC12. The van der Waals surface area contributed by atoms with Gasteiger partial charge < -0.3 is 14.5 Å². The average Bonchev–Trinajstić information content (AvgIpc) is 3.04. The fourth-order valence-electron chi connectivity index (χ4n) is 5.22. The molecule has 4 nitrogen and oxygen atoms in total. The van der Waals surface area contributed by atoms with Gasteiger partial charge in [-0.2, -0.15) is 0 Å². The lowest BCUT2D eigenvalue weighted by Gasteiger charge is -2.37. The van der Waals surface area contributed by atoms with E-state index in [4.69, 9.17) is 9.47 Å². The second-order valence-electron chi connectivity index (χ2n) is 9.44. The van der Waals surface area contributed by atoms with Gasteiger partial charge in [0.25, 0.3) is 0 Å². The number of nitrogens with zero attached hydrogens (tertiary/aromatic N) is 1. The van der Waals surface area contributed by atoms with Crippen LogP contribution in [0.2, 0.25) is 19.1 Å². The van der Waals surface area contributed by atoms with E-state index in [-0.39, 0.29) is 5.54 Å². The minimum Gasteiger partial charge on any atom is -0.373 e. The average molecular weight is 341 g/mol. The summed E-state index contributed by atoms with van der Waals surface area (Å²) in [6.45, 7) is 15.9. The van der Waals surface area contributed by atoms with Crippen molar-refractivity contribution in [2.75, 3.05) is 26.3 Å². The van der Waals surface area contributed by atoms with Gasteiger partial charge in [0, 0.05) is 11.6 Å². The lowest BCUT2D eigenvalue weighted by molar-refractivity contribution is -0.148. The first-order valence-corrected chi connectivity index (χ1v) is 12.7. The molecule has 4 atom stereocenters. The van der Waals surface area contributed by atoms with Gasteiger partial charge in [-0.15, -0.1) is 0 Å². The van der Waals surface area contributed by atoms with E-state index in [1.54, 1.807) is 0 Å². The van der Waals surface area contributed by atoms with Crippen molar-refractivity contribution in [1.29, 1.82) is 0 Å². The summed E-state index contributed by atoms with van der Waals surface area (Å²) in [5, 5.41) is 0. The molecule has 3 fully saturated rings. The van der Waals surface area contributed by atoms with Gasteiger partial charge in [-0.05, 0) is 65.1 Å². The number of hydrogen-bond acceptors (Lipinski definition) is 4. The van der Waals surface area contributed by atoms with Crippen LogP contribution in [0.1, 0.15) is 40.0 Å². The summed E-state index contributed by atoms with van der Waals surface area (Å²) in [5.74, 6) is 0.655. The van der Waals surface area contributed by atoms with Crippen molar-refractivity contribution in [3.63, 3.8) is 0 Å². The van der Waals surface area contributed by atoms with Crippen LogP contribution in [-0.2, 0) is 9.47 Å². The monoisotopic (exact) mass is 340 g/mol. The van der Waals surface area contributed by atoms with E-state index in [1.807, 2.05) is 0 Å². The molecule has 2 heterocycles. The Morgan fingerprint density at radius 2 is 1.65 bits per heavy atom. The highest BCUT2D eigenvalue weighted by atomic mass is 28.3. The minimum absolute atomic E-state index is 0.200.